The number of rotatable bonds is 7. The normalized spacial score (nSPS) is 25.6. The topological polar surface area (TPSA) is 70.5 Å². The molecular weight excluding hydrogens is 208 g/mol. The molecule has 0 aromatic rings. The lowest BCUT2D eigenvalue weighted by Gasteiger charge is -2.17. The molecule has 6 heteroatoms. The second-order valence-corrected chi connectivity index (χ2v) is 3.70. The molecule has 1 aliphatic heterocycles. The molecule has 1 rings (SSSR count). The van der Waals surface area contributed by atoms with E-state index in [1.165, 1.54) is 0 Å². The largest absolute Gasteiger partial charge is 0.374 e. The molecule has 1 aliphatic rings. The highest BCUT2D eigenvalue weighted by molar-refractivity contribution is 4.86. The first-order chi connectivity index (χ1) is 7.81. The van der Waals surface area contributed by atoms with Crippen LogP contribution in [-0.2, 0) is 9.47 Å². The van der Waals surface area contributed by atoms with E-state index in [4.69, 9.17) is 15.0 Å². The highest BCUT2D eigenvalue weighted by atomic mass is 16.5. The van der Waals surface area contributed by atoms with E-state index in [-0.39, 0.29) is 12.2 Å². The zero-order chi connectivity index (χ0) is 11.8. The van der Waals surface area contributed by atoms with E-state index in [1.807, 2.05) is 13.8 Å². The zero-order valence-electron chi connectivity index (χ0n) is 10.0. The number of likely N-dealkylation sites (tertiary alicyclic amines) is 1. The Balaban J connectivity index is 2.37. The van der Waals surface area contributed by atoms with Crippen LogP contribution in [0.5, 0.6) is 0 Å². The Morgan fingerprint density at radius 3 is 2.25 bits per heavy atom. The number of azide groups is 1. The molecule has 0 unspecified atom stereocenters. The Kier molecular flexibility index (Phi) is 6.18. The minimum Gasteiger partial charge on any atom is -0.374 e. The second kappa shape index (κ2) is 7.46. The third kappa shape index (κ3) is 3.98. The summed E-state index contributed by atoms with van der Waals surface area (Å²) in [6.45, 7) is 8.40. The average Bonchev–Trinajstić information content (AvgIpc) is 2.63. The van der Waals surface area contributed by atoms with Crippen molar-refractivity contribution in [1.29, 1.82) is 0 Å². The van der Waals surface area contributed by atoms with Crippen LogP contribution in [-0.4, -0.2) is 56.5 Å². The van der Waals surface area contributed by atoms with Gasteiger partial charge in [-0.2, -0.15) is 0 Å². The van der Waals surface area contributed by atoms with Crippen LogP contribution in [0.15, 0.2) is 5.11 Å². The lowest BCUT2D eigenvalue weighted by atomic mass is 10.2. The third-order valence-electron chi connectivity index (χ3n) is 2.63. The van der Waals surface area contributed by atoms with Crippen molar-refractivity contribution < 1.29 is 9.47 Å². The summed E-state index contributed by atoms with van der Waals surface area (Å²) >= 11 is 0. The molecule has 1 heterocycles. The lowest BCUT2D eigenvalue weighted by molar-refractivity contribution is -0.0388. The maximum Gasteiger partial charge on any atom is 0.0975 e. The van der Waals surface area contributed by atoms with Gasteiger partial charge in [-0.1, -0.05) is 5.11 Å². The quantitative estimate of drug-likeness (QED) is 0.376. The predicted octanol–water partition coefficient (Wildman–Crippen LogP) is 1.42. The summed E-state index contributed by atoms with van der Waals surface area (Å²) in [5, 5.41) is 3.53. The van der Waals surface area contributed by atoms with Crippen LogP contribution in [0.2, 0.25) is 0 Å². The number of nitrogens with zero attached hydrogens (tertiary/aromatic N) is 4. The highest BCUT2D eigenvalue weighted by Crippen LogP contribution is 2.16. The maximum absolute atomic E-state index is 8.20. The molecule has 16 heavy (non-hydrogen) atoms. The molecule has 6 nitrogen and oxygen atoms in total. The van der Waals surface area contributed by atoms with Crippen molar-refractivity contribution in [2.24, 2.45) is 5.11 Å². The van der Waals surface area contributed by atoms with Gasteiger partial charge in [0.25, 0.3) is 0 Å². The molecule has 0 saturated carbocycles. The fourth-order valence-corrected chi connectivity index (χ4v) is 1.98. The van der Waals surface area contributed by atoms with E-state index in [1.54, 1.807) is 0 Å². The minimum atomic E-state index is 0.149. The molecule has 0 amide bonds. The molecule has 0 aliphatic carbocycles. The van der Waals surface area contributed by atoms with Crippen LogP contribution in [0.25, 0.3) is 10.4 Å². The Hall–Kier alpha value is -0.810. The summed E-state index contributed by atoms with van der Waals surface area (Å²) in [6, 6.07) is 0. The zero-order valence-corrected chi connectivity index (χ0v) is 10.0. The van der Waals surface area contributed by atoms with E-state index in [2.05, 4.69) is 14.9 Å². The van der Waals surface area contributed by atoms with Crippen LogP contribution >= 0.6 is 0 Å². The summed E-state index contributed by atoms with van der Waals surface area (Å²) in [5.74, 6) is 0. The third-order valence-corrected chi connectivity index (χ3v) is 2.63. The van der Waals surface area contributed by atoms with Crippen molar-refractivity contribution in [3.8, 4) is 0 Å². The van der Waals surface area contributed by atoms with Crippen molar-refractivity contribution >= 4 is 0 Å². The molecule has 0 N–H and O–H groups in total. The van der Waals surface area contributed by atoms with Gasteiger partial charge in [0.2, 0.25) is 0 Å². The molecule has 0 aromatic carbocycles. The van der Waals surface area contributed by atoms with E-state index >= 15 is 0 Å². The van der Waals surface area contributed by atoms with Gasteiger partial charge >= 0.3 is 0 Å². The average molecular weight is 228 g/mol. The van der Waals surface area contributed by atoms with Gasteiger partial charge in [0.15, 0.2) is 0 Å². The van der Waals surface area contributed by atoms with Crippen LogP contribution in [0.4, 0.5) is 0 Å². The van der Waals surface area contributed by atoms with Gasteiger partial charge in [0.1, 0.15) is 0 Å². The van der Waals surface area contributed by atoms with Crippen molar-refractivity contribution in [2.75, 3.05) is 39.4 Å². The SMILES string of the molecule is CCO[C@@H]1CN(CCN=[N+]=[N-])C[C@H]1OCC. The van der Waals surface area contributed by atoms with Gasteiger partial charge in [0, 0.05) is 44.3 Å². The monoisotopic (exact) mass is 228 g/mol. The Bertz CT molecular complexity index is 229. The van der Waals surface area contributed by atoms with E-state index in [9.17, 15) is 0 Å². The standard InChI is InChI=1S/C10H20N4O2/c1-3-15-9-7-14(6-5-12-13-11)8-10(9)16-4-2/h9-10H,3-8H2,1-2H3/t9-,10-/m1/s1. The Morgan fingerprint density at radius 1 is 1.25 bits per heavy atom. The summed E-state index contributed by atoms with van der Waals surface area (Å²) < 4.78 is 11.3. The Morgan fingerprint density at radius 2 is 1.81 bits per heavy atom. The maximum atomic E-state index is 8.20. The Labute approximate surface area is 96.1 Å². The lowest BCUT2D eigenvalue weighted by Crippen LogP contribution is -2.29. The first kappa shape index (κ1) is 13.3. The second-order valence-electron chi connectivity index (χ2n) is 3.70. The number of hydrogen-bond acceptors (Lipinski definition) is 4. The molecule has 0 spiro atoms. The van der Waals surface area contributed by atoms with Gasteiger partial charge in [-0.25, -0.2) is 0 Å². The molecule has 1 saturated heterocycles. The molecule has 2 atom stereocenters. The van der Waals surface area contributed by atoms with Crippen LogP contribution < -0.4 is 0 Å². The predicted molar refractivity (Wildman–Crippen MR) is 61.3 cm³/mol. The van der Waals surface area contributed by atoms with Crippen molar-refractivity contribution in [2.45, 2.75) is 26.1 Å². The van der Waals surface area contributed by atoms with Crippen LogP contribution in [0.1, 0.15) is 13.8 Å². The number of hydrogen-bond donors (Lipinski definition) is 0. The van der Waals surface area contributed by atoms with Crippen molar-refractivity contribution in [3.63, 3.8) is 0 Å². The molecule has 0 aromatic heterocycles. The first-order valence-electron chi connectivity index (χ1n) is 5.78. The van der Waals surface area contributed by atoms with Crippen molar-refractivity contribution in [1.82, 2.24) is 4.90 Å². The van der Waals surface area contributed by atoms with E-state index < -0.39 is 0 Å². The molecular formula is C10H20N4O2. The molecule has 1 fully saturated rings. The molecule has 0 bridgehead atoms. The van der Waals surface area contributed by atoms with Gasteiger partial charge in [0.05, 0.1) is 12.2 Å². The van der Waals surface area contributed by atoms with Crippen LogP contribution in [0.3, 0.4) is 0 Å². The van der Waals surface area contributed by atoms with Gasteiger partial charge in [-0.15, -0.1) is 0 Å². The van der Waals surface area contributed by atoms with E-state index in [0.717, 1.165) is 19.6 Å². The molecule has 92 valence electrons. The highest BCUT2D eigenvalue weighted by Gasteiger charge is 2.33. The van der Waals surface area contributed by atoms with E-state index in [0.29, 0.717) is 19.8 Å². The minimum absolute atomic E-state index is 0.149. The molecule has 0 radical (unpaired) electrons. The van der Waals surface area contributed by atoms with Gasteiger partial charge < -0.3 is 9.47 Å². The van der Waals surface area contributed by atoms with Crippen LogP contribution in [0, 0.1) is 0 Å². The fourth-order valence-electron chi connectivity index (χ4n) is 1.98. The smallest absolute Gasteiger partial charge is 0.0975 e. The van der Waals surface area contributed by atoms with Gasteiger partial charge in [-0.3, -0.25) is 4.90 Å². The summed E-state index contributed by atoms with van der Waals surface area (Å²) in [7, 11) is 0. The number of ether oxygens (including phenoxy) is 2. The summed E-state index contributed by atoms with van der Waals surface area (Å²) in [6.07, 6.45) is 0.298. The van der Waals surface area contributed by atoms with Crippen molar-refractivity contribution in [3.05, 3.63) is 10.4 Å². The first-order valence-corrected chi connectivity index (χ1v) is 5.78. The summed E-state index contributed by atoms with van der Waals surface area (Å²) in [5.41, 5.74) is 8.20. The van der Waals surface area contributed by atoms with Gasteiger partial charge in [-0.05, 0) is 19.4 Å². The summed E-state index contributed by atoms with van der Waals surface area (Å²) in [4.78, 5) is 4.96. The fraction of sp³-hybridized carbons (Fsp3) is 1.00.